The Morgan fingerprint density at radius 1 is 0.850 bits per heavy atom. The highest BCUT2D eigenvalue weighted by molar-refractivity contribution is 6.39. The fourth-order valence-corrected chi connectivity index (χ4v) is 1.23. The minimum absolute atomic E-state index is 0.105. The number of hydrogen-bond donors (Lipinski definition) is 0. The lowest BCUT2D eigenvalue weighted by molar-refractivity contribution is -0.158. The molecule has 0 N–H and O–H groups in total. The number of carbonyl (C=O) groups is 4. The van der Waals surface area contributed by atoms with Gasteiger partial charge in [-0.15, -0.1) is 0 Å². The van der Waals surface area contributed by atoms with E-state index in [1.54, 1.807) is 0 Å². The molecule has 0 aromatic carbocycles. The Morgan fingerprint density at radius 3 is 1.35 bits per heavy atom. The number of ketones is 2. The molecule has 0 spiro atoms. The molecule has 0 saturated heterocycles. The van der Waals surface area contributed by atoms with Gasteiger partial charge in [0.1, 0.15) is 11.8 Å². The van der Waals surface area contributed by atoms with Gasteiger partial charge in [-0.05, 0) is 13.8 Å². The molecular weight excluding hydrogens is 268 g/mol. The Morgan fingerprint density at radius 2 is 1.15 bits per heavy atom. The van der Waals surface area contributed by atoms with E-state index >= 15 is 0 Å². The zero-order chi connectivity index (χ0) is 15.7. The van der Waals surface area contributed by atoms with Crippen LogP contribution in [0.25, 0.3) is 0 Å². The van der Waals surface area contributed by atoms with Crippen LogP contribution in [0.2, 0.25) is 0 Å². The first-order valence-corrected chi connectivity index (χ1v) is 5.65. The summed E-state index contributed by atoms with van der Waals surface area (Å²) in [5.41, 5.74) is 0. The molecule has 0 amide bonds. The van der Waals surface area contributed by atoms with Crippen LogP contribution in [0.15, 0.2) is 0 Å². The van der Waals surface area contributed by atoms with E-state index in [9.17, 15) is 19.2 Å². The van der Waals surface area contributed by atoms with Crippen LogP contribution in [0.5, 0.6) is 0 Å². The second kappa shape index (κ2) is 8.38. The molecule has 0 heterocycles. The summed E-state index contributed by atoms with van der Waals surface area (Å²) in [7, 11) is 0. The van der Waals surface area contributed by atoms with E-state index in [0.717, 1.165) is 0 Å². The number of carbonyl (C=O) groups excluding carboxylic acids is 4. The van der Waals surface area contributed by atoms with Crippen molar-refractivity contribution < 1.29 is 28.7 Å². The number of esters is 2. The Bertz CT molecular complexity index is 453. The SMILES string of the molecule is CCOC(=O)C(=O)C(C#N)C(C#N)C(=O)C(=O)OCC. The summed E-state index contributed by atoms with van der Waals surface area (Å²) in [6, 6.07) is 2.74. The number of nitriles is 2. The van der Waals surface area contributed by atoms with Crippen molar-refractivity contribution in [1.29, 1.82) is 10.5 Å². The maximum atomic E-state index is 11.6. The van der Waals surface area contributed by atoms with Crippen LogP contribution in [0.1, 0.15) is 13.8 Å². The Balaban J connectivity index is 5.21. The van der Waals surface area contributed by atoms with Crippen LogP contribution >= 0.6 is 0 Å². The molecule has 8 nitrogen and oxygen atoms in total. The lowest BCUT2D eigenvalue weighted by Crippen LogP contribution is -2.37. The molecule has 2 unspecified atom stereocenters. The van der Waals surface area contributed by atoms with Crippen molar-refractivity contribution in [2.75, 3.05) is 13.2 Å². The standard InChI is InChI=1S/C12H12N2O6/c1-3-19-11(17)9(15)7(5-13)8(6-14)10(16)12(18)20-4-2/h7-8H,3-4H2,1-2H3. The van der Waals surface area contributed by atoms with Crippen LogP contribution in [-0.4, -0.2) is 36.7 Å². The van der Waals surface area contributed by atoms with Crippen LogP contribution in [0.3, 0.4) is 0 Å². The number of ether oxygens (including phenoxy) is 2. The van der Waals surface area contributed by atoms with E-state index in [1.807, 2.05) is 0 Å². The van der Waals surface area contributed by atoms with E-state index < -0.39 is 35.3 Å². The Labute approximate surface area is 114 Å². The van der Waals surface area contributed by atoms with Crippen molar-refractivity contribution in [2.24, 2.45) is 11.8 Å². The quantitative estimate of drug-likeness (QED) is 0.451. The highest BCUT2D eigenvalue weighted by Crippen LogP contribution is 2.15. The monoisotopic (exact) mass is 280 g/mol. The summed E-state index contributed by atoms with van der Waals surface area (Å²) in [6.07, 6.45) is 0. The third-order valence-electron chi connectivity index (χ3n) is 2.13. The molecule has 20 heavy (non-hydrogen) atoms. The molecule has 0 aliphatic carbocycles. The molecule has 0 bridgehead atoms. The number of Topliss-reactive ketones (excluding diaryl/α,β-unsaturated/α-hetero) is 2. The van der Waals surface area contributed by atoms with Crippen molar-refractivity contribution >= 4 is 23.5 Å². The van der Waals surface area contributed by atoms with Crippen molar-refractivity contribution in [2.45, 2.75) is 13.8 Å². The second-order valence-corrected chi connectivity index (χ2v) is 3.38. The average Bonchev–Trinajstić information content (AvgIpc) is 2.43. The fourth-order valence-electron chi connectivity index (χ4n) is 1.23. The third kappa shape index (κ3) is 4.18. The lowest BCUT2D eigenvalue weighted by Gasteiger charge is -2.11. The van der Waals surface area contributed by atoms with Gasteiger partial charge in [0.2, 0.25) is 0 Å². The van der Waals surface area contributed by atoms with Gasteiger partial charge >= 0.3 is 11.9 Å². The van der Waals surface area contributed by atoms with E-state index in [4.69, 9.17) is 10.5 Å². The van der Waals surface area contributed by atoms with Gasteiger partial charge in [-0.1, -0.05) is 0 Å². The molecule has 0 aromatic heterocycles. The summed E-state index contributed by atoms with van der Waals surface area (Å²) in [4.78, 5) is 45.6. The molecule has 0 rings (SSSR count). The minimum atomic E-state index is -1.91. The summed E-state index contributed by atoms with van der Waals surface area (Å²) in [6.45, 7) is 2.67. The van der Waals surface area contributed by atoms with Gasteiger partial charge in [-0.3, -0.25) is 9.59 Å². The van der Waals surface area contributed by atoms with E-state index in [-0.39, 0.29) is 13.2 Å². The van der Waals surface area contributed by atoms with Crippen LogP contribution < -0.4 is 0 Å². The van der Waals surface area contributed by atoms with Crippen molar-refractivity contribution in [3.63, 3.8) is 0 Å². The Kier molecular flexibility index (Phi) is 7.23. The molecule has 0 radical (unpaired) electrons. The van der Waals surface area contributed by atoms with Gasteiger partial charge in [-0.25, -0.2) is 9.59 Å². The normalized spacial score (nSPS) is 12.2. The maximum Gasteiger partial charge on any atom is 0.376 e. The molecule has 2 atom stereocenters. The first-order valence-electron chi connectivity index (χ1n) is 5.65. The number of hydrogen-bond acceptors (Lipinski definition) is 8. The first kappa shape index (κ1) is 17.3. The highest BCUT2D eigenvalue weighted by atomic mass is 16.5. The number of rotatable bonds is 7. The summed E-state index contributed by atoms with van der Waals surface area (Å²) < 4.78 is 8.78. The molecule has 0 aromatic rings. The zero-order valence-electron chi connectivity index (χ0n) is 10.9. The molecular formula is C12H12N2O6. The van der Waals surface area contributed by atoms with Gasteiger partial charge in [0.05, 0.1) is 25.4 Å². The lowest BCUT2D eigenvalue weighted by atomic mass is 9.87. The van der Waals surface area contributed by atoms with Gasteiger partial charge in [0.15, 0.2) is 0 Å². The zero-order valence-corrected chi connectivity index (χ0v) is 10.9. The fraction of sp³-hybridized carbons (Fsp3) is 0.500. The largest absolute Gasteiger partial charge is 0.460 e. The van der Waals surface area contributed by atoms with E-state index in [2.05, 4.69) is 9.47 Å². The maximum absolute atomic E-state index is 11.6. The average molecular weight is 280 g/mol. The third-order valence-corrected chi connectivity index (χ3v) is 2.13. The highest BCUT2D eigenvalue weighted by Gasteiger charge is 2.41. The minimum Gasteiger partial charge on any atom is -0.460 e. The topological polar surface area (TPSA) is 134 Å². The predicted molar refractivity (Wildman–Crippen MR) is 61.5 cm³/mol. The molecule has 0 aliphatic rings. The van der Waals surface area contributed by atoms with Gasteiger partial charge in [0, 0.05) is 0 Å². The van der Waals surface area contributed by atoms with Crippen molar-refractivity contribution in [3.8, 4) is 12.1 Å². The van der Waals surface area contributed by atoms with Crippen molar-refractivity contribution in [1.82, 2.24) is 0 Å². The summed E-state index contributed by atoms with van der Waals surface area (Å²) >= 11 is 0. The predicted octanol–water partition coefficient (Wildman–Crippen LogP) is -0.470. The van der Waals surface area contributed by atoms with Crippen LogP contribution in [0.4, 0.5) is 0 Å². The van der Waals surface area contributed by atoms with Crippen LogP contribution in [-0.2, 0) is 28.7 Å². The van der Waals surface area contributed by atoms with Gasteiger partial charge in [-0.2, -0.15) is 10.5 Å². The van der Waals surface area contributed by atoms with E-state index in [1.165, 1.54) is 26.0 Å². The number of nitrogens with zero attached hydrogens (tertiary/aromatic N) is 2. The molecule has 106 valence electrons. The Hall–Kier alpha value is -2.74. The van der Waals surface area contributed by atoms with Gasteiger partial charge < -0.3 is 9.47 Å². The van der Waals surface area contributed by atoms with Gasteiger partial charge in [0.25, 0.3) is 11.6 Å². The molecule has 0 fully saturated rings. The van der Waals surface area contributed by atoms with Crippen molar-refractivity contribution in [3.05, 3.63) is 0 Å². The summed E-state index contributed by atoms with van der Waals surface area (Å²) in [5, 5.41) is 17.7. The van der Waals surface area contributed by atoms with Crippen LogP contribution in [0, 0.1) is 34.5 Å². The summed E-state index contributed by atoms with van der Waals surface area (Å²) in [5.74, 6) is -9.18. The molecule has 0 saturated carbocycles. The van der Waals surface area contributed by atoms with E-state index in [0.29, 0.717) is 0 Å². The molecule has 8 heteroatoms. The smallest absolute Gasteiger partial charge is 0.376 e. The molecule has 0 aliphatic heterocycles. The first-order chi connectivity index (χ1) is 9.44. The second-order valence-electron chi connectivity index (χ2n) is 3.38.